The Morgan fingerprint density at radius 2 is 1.75 bits per heavy atom. The van der Waals surface area contributed by atoms with Crippen molar-refractivity contribution in [3.63, 3.8) is 0 Å². The summed E-state index contributed by atoms with van der Waals surface area (Å²) >= 11 is 0. The molecule has 0 bridgehead atoms. The molecular formula is C25H28N2O. The van der Waals surface area contributed by atoms with Crippen LogP contribution in [-0.2, 0) is 6.42 Å². The quantitative estimate of drug-likeness (QED) is 0.631. The van der Waals surface area contributed by atoms with E-state index in [9.17, 15) is 4.79 Å². The van der Waals surface area contributed by atoms with Crippen LogP contribution in [-0.4, -0.2) is 16.9 Å². The van der Waals surface area contributed by atoms with Gasteiger partial charge in [0.15, 0.2) is 0 Å². The molecule has 2 atom stereocenters. The number of amides is 1. The Kier molecular flexibility index (Phi) is 5.43. The highest BCUT2D eigenvalue weighted by Gasteiger charge is 2.26. The van der Waals surface area contributed by atoms with Crippen molar-refractivity contribution in [2.75, 3.05) is 0 Å². The lowest BCUT2D eigenvalue weighted by Crippen LogP contribution is -2.41. The molecule has 144 valence electrons. The van der Waals surface area contributed by atoms with Crippen molar-refractivity contribution < 1.29 is 4.79 Å². The molecule has 1 aromatic heterocycles. The Hall–Kier alpha value is -2.68. The topological polar surface area (TPSA) is 42.0 Å². The number of rotatable bonds is 4. The molecule has 1 aliphatic carbocycles. The summed E-state index contributed by atoms with van der Waals surface area (Å²) < 4.78 is 0. The van der Waals surface area contributed by atoms with E-state index in [2.05, 4.69) is 31.3 Å². The minimum atomic E-state index is 0.0476. The van der Waals surface area contributed by atoms with Crippen LogP contribution in [0.15, 0.2) is 54.6 Å². The fraction of sp³-hybridized carbons (Fsp3) is 0.360. The molecule has 3 aromatic rings. The Morgan fingerprint density at radius 1 is 1.04 bits per heavy atom. The van der Waals surface area contributed by atoms with Crippen molar-refractivity contribution in [2.24, 2.45) is 5.92 Å². The minimum Gasteiger partial charge on any atom is -0.349 e. The van der Waals surface area contributed by atoms with Gasteiger partial charge >= 0.3 is 0 Å². The maximum atomic E-state index is 13.5. The van der Waals surface area contributed by atoms with Crippen molar-refractivity contribution in [2.45, 2.75) is 52.0 Å². The molecule has 4 rings (SSSR count). The highest BCUT2D eigenvalue weighted by molar-refractivity contribution is 6.09. The Morgan fingerprint density at radius 3 is 2.50 bits per heavy atom. The molecular weight excluding hydrogens is 344 g/mol. The lowest BCUT2D eigenvalue weighted by Gasteiger charge is -2.30. The molecule has 1 aliphatic rings. The van der Waals surface area contributed by atoms with Crippen molar-refractivity contribution in [3.05, 3.63) is 65.7 Å². The van der Waals surface area contributed by atoms with Crippen molar-refractivity contribution >= 4 is 16.8 Å². The maximum absolute atomic E-state index is 13.5. The summed E-state index contributed by atoms with van der Waals surface area (Å²) in [6, 6.07) is 18.5. The van der Waals surface area contributed by atoms with E-state index in [1.54, 1.807) is 0 Å². The predicted molar refractivity (Wildman–Crippen MR) is 115 cm³/mol. The molecule has 28 heavy (non-hydrogen) atoms. The Balaban J connectivity index is 1.84. The number of hydrogen-bond donors (Lipinski definition) is 1. The average Bonchev–Trinajstić information content (AvgIpc) is 2.74. The lowest BCUT2D eigenvalue weighted by molar-refractivity contribution is 0.0911. The largest absolute Gasteiger partial charge is 0.349 e. The summed E-state index contributed by atoms with van der Waals surface area (Å²) in [4.78, 5) is 18.4. The molecule has 2 unspecified atom stereocenters. The van der Waals surface area contributed by atoms with Gasteiger partial charge in [-0.15, -0.1) is 0 Å². The van der Waals surface area contributed by atoms with E-state index in [1.165, 1.54) is 19.3 Å². The van der Waals surface area contributed by atoms with Crippen LogP contribution in [0.4, 0.5) is 0 Å². The van der Waals surface area contributed by atoms with E-state index < -0.39 is 0 Å². The number of nitrogens with one attached hydrogen (secondary N) is 1. The number of carbonyl (C=O) groups excluding carboxylic acids is 1. The first kappa shape index (κ1) is 18.7. The van der Waals surface area contributed by atoms with Gasteiger partial charge in [-0.3, -0.25) is 4.79 Å². The van der Waals surface area contributed by atoms with E-state index in [1.807, 2.05) is 42.5 Å². The molecule has 3 nitrogen and oxygen atoms in total. The number of aromatic nitrogens is 1. The first-order chi connectivity index (χ1) is 13.7. The number of para-hydroxylation sites is 1. The number of carbonyl (C=O) groups is 1. The molecule has 0 spiro atoms. The fourth-order valence-electron chi connectivity index (χ4n) is 4.46. The molecule has 0 saturated heterocycles. The second kappa shape index (κ2) is 8.14. The van der Waals surface area contributed by atoms with Crippen molar-refractivity contribution in [1.82, 2.24) is 10.3 Å². The van der Waals surface area contributed by atoms with Gasteiger partial charge < -0.3 is 5.32 Å². The summed E-state index contributed by atoms with van der Waals surface area (Å²) in [6.45, 7) is 4.36. The summed E-state index contributed by atoms with van der Waals surface area (Å²) in [5.41, 5.74) is 4.69. The molecule has 1 heterocycles. The van der Waals surface area contributed by atoms with Crippen LogP contribution < -0.4 is 5.32 Å². The van der Waals surface area contributed by atoms with Gasteiger partial charge in [0, 0.05) is 17.0 Å². The van der Waals surface area contributed by atoms with E-state index >= 15 is 0 Å². The zero-order valence-corrected chi connectivity index (χ0v) is 16.7. The standard InChI is InChI=1S/C25H28N2O/c1-3-19-23(25(28)27-21-15-9-7-11-17(21)2)20-14-8-10-16-22(20)26-24(19)18-12-5-4-6-13-18/h4-6,8,10,12-14,16-17,21H,3,7,9,11,15H2,1-2H3,(H,27,28). The van der Waals surface area contributed by atoms with E-state index in [-0.39, 0.29) is 11.9 Å². The van der Waals surface area contributed by atoms with Crippen LogP contribution in [0, 0.1) is 5.92 Å². The zero-order chi connectivity index (χ0) is 19.5. The molecule has 1 amide bonds. The predicted octanol–water partition coefficient (Wildman–Crippen LogP) is 5.77. The summed E-state index contributed by atoms with van der Waals surface area (Å²) in [7, 11) is 0. The second-order valence-electron chi connectivity index (χ2n) is 7.89. The van der Waals surface area contributed by atoms with Crippen LogP contribution in [0.2, 0.25) is 0 Å². The van der Waals surface area contributed by atoms with Gasteiger partial charge in [0.05, 0.1) is 16.8 Å². The normalized spacial score (nSPS) is 19.5. The maximum Gasteiger partial charge on any atom is 0.252 e. The SMILES string of the molecule is CCc1c(-c2ccccc2)nc2ccccc2c1C(=O)NC1CCCCC1C. The Labute approximate surface area is 167 Å². The van der Waals surface area contributed by atoms with E-state index in [0.29, 0.717) is 5.92 Å². The minimum absolute atomic E-state index is 0.0476. The molecule has 3 heteroatoms. The number of benzene rings is 2. The molecule has 1 fully saturated rings. The highest BCUT2D eigenvalue weighted by Crippen LogP contribution is 2.31. The van der Waals surface area contributed by atoms with Crippen LogP contribution >= 0.6 is 0 Å². The molecule has 1 saturated carbocycles. The van der Waals surface area contributed by atoms with Gasteiger partial charge in [0.1, 0.15) is 0 Å². The third-order valence-corrected chi connectivity index (χ3v) is 6.05. The monoisotopic (exact) mass is 372 g/mol. The second-order valence-corrected chi connectivity index (χ2v) is 7.89. The van der Waals surface area contributed by atoms with Gasteiger partial charge in [0.25, 0.3) is 5.91 Å². The van der Waals surface area contributed by atoms with Gasteiger partial charge in [-0.05, 0) is 36.8 Å². The first-order valence-corrected chi connectivity index (χ1v) is 10.5. The lowest BCUT2D eigenvalue weighted by atomic mass is 9.85. The van der Waals surface area contributed by atoms with Crippen LogP contribution in [0.5, 0.6) is 0 Å². The van der Waals surface area contributed by atoms with Crippen molar-refractivity contribution in [1.29, 1.82) is 0 Å². The van der Waals surface area contributed by atoms with Crippen LogP contribution in [0.1, 0.15) is 55.5 Å². The van der Waals surface area contributed by atoms with Crippen LogP contribution in [0.3, 0.4) is 0 Å². The molecule has 1 N–H and O–H groups in total. The number of pyridine rings is 1. The number of fused-ring (bicyclic) bond motifs is 1. The van der Waals surface area contributed by atoms with Gasteiger partial charge in [-0.1, -0.05) is 75.2 Å². The first-order valence-electron chi connectivity index (χ1n) is 10.5. The van der Waals surface area contributed by atoms with Crippen LogP contribution in [0.25, 0.3) is 22.2 Å². The third kappa shape index (κ3) is 3.54. The molecule has 0 aliphatic heterocycles. The van der Waals surface area contributed by atoms with Crippen molar-refractivity contribution in [3.8, 4) is 11.3 Å². The zero-order valence-electron chi connectivity index (χ0n) is 16.7. The summed E-state index contributed by atoms with van der Waals surface area (Å²) in [5, 5.41) is 4.31. The smallest absolute Gasteiger partial charge is 0.252 e. The fourth-order valence-corrected chi connectivity index (χ4v) is 4.46. The van der Waals surface area contributed by atoms with Gasteiger partial charge in [-0.25, -0.2) is 4.98 Å². The number of nitrogens with zero attached hydrogens (tertiary/aromatic N) is 1. The van der Waals surface area contributed by atoms with E-state index in [0.717, 1.165) is 46.1 Å². The molecule has 0 radical (unpaired) electrons. The summed E-state index contributed by atoms with van der Waals surface area (Å²) in [5.74, 6) is 0.579. The Bertz CT molecular complexity index is 981. The third-order valence-electron chi connectivity index (χ3n) is 6.05. The number of hydrogen-bond acceptors (Lipinski definition) is 2. The van der Waals surface area contributed by atoms with Gasteiger partial charge in [0.2, 0.25) is 0 Å². The van der Waals surface area contributed by atoms with E-state index in [4.69, 9.17) is 4.98 Å². The highest BCUT2D eigenvalue weighted by atomic mass is 16.1. The average molecular weight is 373 g/mol. The van der Waals surface area contributed by atoms with Gasteiger partial charge in [-0.2, -0.15) is 0 Å². The molecule has 2 aromatic carbocycles. The summed E-state index contributed by atoms with van der Waals surface area (Å²) in [6.07, 6.45) is 5.50.